The maximum absolute atomic E-state index is 12.8. The first kappa shape index (κ1) is 16.3. The van der Waals surface area contributed by atoms with Gasteiger partial charge in [0.1, 0.15) is 0 Å². The molecule has 0 aromatic heterocycles. The molecule has 1 aromatic carbocycles. The van der Waals surface area contributed by atoms with E-state index >= 15 is 0 Å². The second kappa shape index (κ2) is 4.97. The van der Waals surface area contributed by atoms with Crippen LogP contribution in [0.2, 0.25) is 0 Å². The van der Waals surface area contributed by atoms with Crippen molar-refractivity contribution in [2.75, 3.05) is 18.8 Å². The summed E-state index contributed by atoms with van der Waals surface area (Å²) in [5.74, 6) is 0.0220. The van der Waals surface area contributed by atoms with E-state index in [0.717, 1.165) is 11.1 Å². The zero-order valence-corrected chi connectivity index (χ0v) is 14.1. The van der Waals surface area contributed by atoms with Crippen LogP contribution in [0.25, 0.3) is 0 Å². The highest BCUT2D eigenvalue weighted by Crippen LogP contribution is 2.36. The van der Waals surface area contributed by atoms with E-state index in [0.29, 0.717) is 11.3 Å². The monoisotopic (exact) mass is 312 g/mol. The van der Waals surface area contributed by atoms with Crippen LogP contribution in [-0.2, 0) is 10.0 Å². The van der Waals surface area contributed by atoms with Crippen molar-refractivity contribution in [1.29, 1.82) is 0 Å². The molecule has 1 heterocycles. The Labute approximate surface area is 126 Å². The molecule has 1 aromatic rings. The first-order valence-electron chi connectivity index (χ1n) is 7.09. The van der Waals surface area contributed by atoms with E-state index in [2.05, 4.69) is 0 Å². The molecule has 6 heteroatoms. The van der Waals surface area contributed by atoms with Crippen molar-refractivity contribution in [3.8, 4) is 0 Å². The van der Waals surface area contributed by atoms with Crippen molar-refractivity contribution in [2.24, 2.45) is 5.92 Å². The summed E-state index contributed by atoms with van der Waals surface area (Å²) in [5.41, 5.74) is 7.64. The Balaban J connectivity index is 2.44. The van der Waals surface area contributed by atoms with Crippen molar-refractivity contribution >= 4 is 15.7 Å². The molecule has 0 saturated carbocycles. The van der Waals surface area contributed by atoms with Crippen LogP contribution in [0.3, 0.4) is 0 Å². The number of sulfonamides is 1. The highest BCUT2D eigenvalue weighted by atomic mass is 32.2. The minimum absolute atomic E-state index is 0.0220. The van der Waals surface area contributed by atoms with Crippen molar-refractivity contribution in [3.05, 3.63) is 22.8 Å². The van der Waals surface area contributed by atoms with Gasteiger partial charge in [-0.1, -0.05) is 13.8 Å². The second-order valence-electron chi connectivity index (χ2n) is 6.39. The lowest BCUT2D eigenvalue weighted by Crippen LogP contribution is -2.65. The third kappa shape index (κ3) is 2.45. The molecule has 5 nitrogen and oxygen atoms in total. The van der Waals surface area contributed by atoms with Gasteiger partial charge in [-0.3, -0.25) is 0 Å². The van der Waals surface area contributed by atoms with Crippen molar-refractivity contribution in [1.82, 2.24) is 4.31 Å². The van der Waals surface area contributed by atoms with Crippen molar-refractivity contribution in [3.63, 3.8) is 0 Å². The smallest absolute Gasteiger partial charge is 0.243 e. The van der Waals surface area contributed by atoms with Crippen LogP contribution >= 0.6 is 0 Å². The Morgan fingerprint density at radius 3 is 2.24 bits per heavy atom. The molecule has 1 fully saturated rings. The molecular weight excluding hydrogens is 288 g/mol. The molecular formula is C15H24N2O3S. The number of rotatable bonds is 3. The van der Waals surface area contributed by atoms with Gasteiger partial charge in [0.15, 0.2) is 0 Å². The fraction of sp³-hybridized carbons (Fsp3) is 0.600. The van der Waals surface area contributed by atoms with E-state index in [9.17, 15) is 13.5 Å². The molecule has 0 atom stereocenters. The van der Waals surface area contributed by atoms with Gasteiger partial charge in [0.2, 0.25) is 10.0 Å². The summed E-state index contributed by atoms with van der Waals surface area (Å²) in [6.45, 7) is 9.44. The van der Waals surface area contributed by atoms with Crippen LogP contribution < -0.4 is 5.73 Å². The fourth-order valence-electron chi connectivity index (χ4n) is 2.66. The number of nitrogens with zero attached hydrogens (tertiary/aromatic N) is 1. The normalized spacial score (nSPS) is 18.8. The molecule has 1 aliphatic rings. The average Bonchev–Trinajstić information content (AvgIpc) is 2.32. The highest BCUT2D eigenvalue weighted by Gasteiger charge is 2.49. The SMILES string of the molecule is Cc1cc(N)c(C)c(S(=O)(=O)N2CC(O)(C(C)C)C2)c1C. The summed E-state index contributed by atoms with van der Waals surface area (Å²) < 4.78 is 27.0. The topological polar surface area (TPSA) is 83.6 Å². The van der Waals surface area contributed by atoms with E-state index in [1.54, 1.807) is 19.9 Å². The molecule has 1 aliphatic heterocycles. The lowest BCUT2D eigenvalue weighted by atomic mass is 9.85. The number of aliphatic hydroxyl groups is 1. The largest absolute Gasteiger partial charge is 0.398 e. The molecule has 1 saturated heterocycles. The van der Waals surface area contributed by atoms with Gasteiger partial charge in [-0.25, -0.2) is 8.42 Å². The number of anilines is 1. The van der Waals surface area contributed by atoms with E-state index in [1.807, 2.05) is 20.8 Å². The Hall–Kier alpha value is -1.11. The van der Waals surface area contributed by atoms with Gasteiger partial charge >= 0.3 is 0 Å². The average molecular weight is 312 g/mol. The molecule has 0 spiro atoms. The van der Waals surface area contributed by atoms with Crippen LogP contribution in [0, 0.1) is 26.7 Å². The van der Waals surface area contributed by atoms with E-state index in [-0.39, 0.29) is 23.9 Å². The zero-order valence-electron chi connectivity index (χ0n) is 13.3. The molecule has 0 amide bonds. The Morgan fingerprint density at radius 2 is 1.76 bits per heavy atom. The van der Waals surface area contributed by atoms with Crippen LogP contribution in [0.1, 0.15) is 30.5 Å². The Bertz CT molecular complexity index is 648. The Kier molecular flexibility index (Phi) is 3.85. The van der Waals surface area contributed by atoms with Crippen LogP contribution in [0.5, 0.6) is 0 Å². The quantitative estimate of drug-likeness (QED) is 0.830. The predicted molar refractivity (Wildman–Crippen MR) is 83.6 cm³/mol. The molecule has 0 unspecified atom stereocenters. The number of β-amino-alcohol motifs (C(OH)–C–C–N with tert-alkyl or cyclic N) is 1. The van der Waals surface area contributed by atoms with Crippen LogP contribution in [0.15, 0.2) is 11.0 Å². The maximum atomic E-state index is 12.8. The molecule has 118 valence electrons. The third-order valence-electron chi connectivity index (χ3n) is 4.65. The Morgan fingerprint density at radius 1 is 1.24 bits per heavy atom. The predicted octanol–water partition coefficient (Wildman–Crippen LogP) is 1.59. The summed E-state index contributed by atoms with van der Waals surface area (Å²) >= 11 is 0. The van der Waals surface area contributed by atoms with Gasteiger partial charge in [0, 0.05) is 18.8 Å². The lowest BCUT2D eigenvalue weighted by molar-refractivity contribution is -0.0932. The number of nitrogen functional groups attached to an aromatic ring is 1. The molecule has 3 N–H and O–H groups in total. The number of benzene rings is 1. The van der Waals surface area contributed by atoms with Crippen LogP contribution in [0.4, 0.5) is 5.69 Å². The lowest BCUT2D eigenvalue weighted by Gasteiger charge is -2.48. The minimum atomic E-state index is -3.62. The molecule has 0 radical (unpaired) electrons. The number of hydrogen-bond donors (Lipinski definition) is 2. The fourth-order valence-corrected chi connectivity index (χ4v) is 4.75. The summed E-state index contributed by atoms with van der Waals surface area (Å²) in [6, 6.07) is 1.80. The van der Waals surface area contributed by atoms with Gasteiger partial charge in [0.05, 0.1) is 10.5 Å². The van der Waals surface area contributed by atoms with E-state index in [1.165, 1.54) is 4.31 Å². The standard InChI is InChI=1S/C15H24N2O3S/c1-9(2)15(18)7-17(8-15)21(19,20)14-11(4)10(3)6-13(16)12(14)5/h6,9,18H,7-8,16H2,1-5H3. The van der Waals surface area contributed by atoms with E-state index < -0.39 is 15.6 Å². The van der Waals surface area contributed by atoms with Gasteiger partial charge < -0.3 is 10.8 Å². The summed E-state index contributed by atoms with van der Waals surface area (Å²) in [5, 5.41) is 10.3. The van der Waals surface area contributed by atoms with Gasteiger partial charge in [-0.05, 0) is 49.4 Å². The van der Waals surface area contributed by atoms with Gasteiger partial charge in [-0.15, -0.1) is 0 Å². The minimum Gasteiger partial charge on any atom is -0.398 e. The summed E-state index contributed by atoms with van der Waals surface area (Å²) in [4.78, 5) is 0.283. The second-order valence-corrected chi connectivity index (χ2v) is 8.27. The van der Waals surface area contributed by atoms with Crippen LogP contribution in [-0.4, -0.2) is 36.5 Å². The molecule has 2 rings (SSSR count). The van der Waals surface area contributed by atoms with Crippen molar-refractivity contribution in [2.45, 2.75) is 45.1 Å². The van der Waals surface area contributed by atoms with Crippen molar-refractivity contribution < 1.29 is 13.5 Å². The first-order valence-corrected chi connectivity index (χ1v) is 8.53. The zero-order chi connectivity index (χ0) is 16.2. The molecule has 0 aliphatic carbocycles. The summed E-state index contributed by atoms with van der Waals surface area (Å²) in [7, 11) is -3.62. The third-order valence-corrected chi connectivity index (χ3v) is 6.72. The maximum Gasteiger partial charge on any atom is 0.243 e. The van der Waals surface area contributed by atoms with E-state index in [4.69, 9.17) is 5.73 Å². The number of nitrogens with two attached hydrogens (primary N) is 1. The highest BCUT2D eigenvalue weighted by molar-refractivity contribution is 7.89. The molecule has 21 heavy (non-hydrogen) atoms. The number of hydrogen-bond acceptors (Lipinski definition) is 4. The number of aryl methyl sites for hydroxylation is 1. The molecule has 0 bridgehead atoms. The van der Waals surface area contributed by atoms with Gasteiger partial charge in [0.25, 0.3) is 0 Å². The summed E-state index contributed by atoms with van der Waals surface area (Å²) in [6.07, 6.45) is 0. The van der Waals surface area contributed by atoms with Gasteiger partial charge in [-0.2, -0.15) is 4.31 Å². The first-order chi connectivity index (χ1) is 9.50.